The van der Waals surface area contributed by atoms with Crippen LogP contribution >= 0.6 is 0 Å². The van der Waals surface area contributed by atoms with E-state index in [2.05, 4.69) is 28.3 Å². The molecule has 0 amide bonds. The number of ether oxygens (including phenoxy) is 1. The van der Waals surface area contributed by atoms with E-state index in [1.807, 2.05) is 6.92 Å². The average Bonchev–Trinajstić information content (AvgIpc) is 2.34. The standard InChI is InChI=1S/C12H19N3O/c1-4-13-7-5-6-10(2)11-12(16-3)15-9-8-14-11/h6,8-9,13H,4-5,7H2,1-3H3/b10-6-. The molecule has 1 aromatic heterocycles. The van der Waals surface area contributed by atoms with Crippen LogP contribution in [0, 0.1) is 0 Å². The Bertz CT molecular complexity index is 350. The topological polar surface area (TPSA) is 47.0 Å². The van der Waals surface area contributed by atoms with Crippen molar-refractivity contribution in [2.45, 2.75) is 20.3 Å². The van der Waals surface area contributed by atoms with Gasteiger partial charge >= 0.3 is 0 Å². The summed E-state index contributed by atoms with van der Waals surface area (Å²) in [7, 11) is 1.61. The van der Waals surface area contributed by atoms with E-state index in [0.717, 1.165) is 30.8 Å². The number of hydrogen-bond acceptors (Lipinski definition) is 4. The molecule has 0 aromatic carbocycles. The van der Waals surface area contributed by atoms with Gasteiger partial charge in [-0.25, -0.2) is 9.97 Å². The van der Waals surface area contributed by atoms with Gasteiger partial charge in [0.2, 0.25) is 5.88 Å². The lowest BCUT2D eigenvalue weighted by molar-refractivity contribution is 0.394. The van der Waals surface area contributed by atoms with E-state index in [-0.39, 0.29) is 0 Å². The molecule has 0 atom stereocenters. The molecular formula is C12H19N3O. The van der Waals surface area contributed by atoms with Crippen molar-refractivity contribution in [1.82, 2.24) is 15.3 Å². The third kappa shape index (κ3) is 3.62. The molecule has 1 heterocycles. The number of allylic oxidation sites excluding steroid dienone is 1. The smallest absolute Gasteiger partial charge is 0.239 e. The lowest BCUT2D eigenvalue weighted by atomic mass is 10.2. The van der Waals surface area contributed by atoms with Gasteiger partial charge in [-0.15, -0.1) is 0 Å². The molecule has 0 saturated heterocycles. The molecule has 0 spiro atoms. The van der Waals surface area contributed by atoms with Gasteiger partial charge in [0, 0.05) is 12.4 Å². The van der Waals surface area contributed by atoms with Crippen molar-refractivity contribution < 1.29 is 4.74 Å². The summed E-state index contributed by atoms with van der Waals surface area (Å²) in [5, 5.41) is 3.27. The molecule has 0 unspecified atom stereocenters. The monoisotopic (exact) mass is 221 g/mol. The summed E-state index contributed by atoms with van der Waals surface area (Å²) in [6.07, 6.45) is 6.45. The second-order valence-corrected chi connectivity index (χ2v) is 3.44. The molecular weight excluding hydrogens is 202 g/mol. The number of hydrogen-bond donors (Lipinski definition) is 1. The molecule has 4 nitrogen and oxygen atoms in total. The molecule has 1 aromatic rings. The first-order valence-electron chi connectivity index (χ1n) is 5.52. The first kappa shape index (κ1) is 12.6. The van der Waals surface area contributed by atoms with Crippen LogP contribution in [0.3, 0.4) is 0 Å². The van der Waals surface area contributed by atoms with Gasteiger partial charge < -0.3 is 10.1 Å². The number of rotatable bonds is 6. The van der Waals surface area contributed by atoms with Crippen molar-refractivity contribution in [3.05, 3.63) is 24.2 Å². The first-order valence-corrected chi connectivity index (χ1v) is 5.52. The van der Waals surface area contributed by atoms with Crippen molar-refractivity contribution in [3.63, 3.8) is 0 Å². The predicted molar refractivity (Wildman–Crippen MR) is 65.4 cm³/mol. The number of methoxy groups -OCH3 is 1. The third-order valence-corrected chi connectivity index (χ3v) is 2.25. The molecule has 16 heavy (non-hydrogen) atoms. The van der Waals surface area contributed by atoms with Crippen LogP contribution in [0.25, 0.3) is 5.57 Å². The van der Waals surface area contributed by atoms with Gasteiger partial charge in [-0.3, -0.25) is 0 Å². The average molecular weight is 221 g/mol. The molecule has 0 saturated carbocycles. The van der Waals surface area contributed by atoms with Crippen molar-refractivity contribution in [1.29, 1.82) is 0 Å². The summed E-state index contributed by atoms with van der Waals surface area (Å²) in [6, 6.07) is 0. The van der Waals surface area contributed by atoms with Crippen LogP contribution < -0.4 is 10.1 Å². The van der Waals surface area contributed by atoms with Crippen molar-refractivity contribution in [2.75, 3.05) is 20.2 Å². The molecule has 0 fully saturated rings. The van der Waals surface area contributed by atoms with E-state index >= 15 is 0 Å². The SMILES string of the molecule is CCNCC/C=C(/C)c1nccnc1OC. The Morgan fingerprint density at radius 3 is 2.88 bits per heavy atom. The highest BCUT2D eigenvalue weighted by Gasteiger charge is 2.05. The lowest BCUT2D eigenvalue weighted by Crippen LogP contribution is -2.13. The highest BCUT2D eigenvalue weighted by Crippen LogP contribution is 2.20. The second-order valence-electron chi connectivity index (χ2n) is 3.44. The highest BCUT2D eigenvalue weighted by molar-refractivity contribution is 5.63. The normalized spacial score (nSPS) is 11.6. The predicted octanol–water partition coefficient (Wildman–Crippen LogP) is 1.89. The van der Waals surface area contributed by atoms with Gasteiger partial charge in [-0.2, -0.15) is 0 Å². The molecule has 1 rings (SSSR count). The van der Waals surface area contributed by atoms with Crippen LogP contribution in [0.2, 0.25) is 0 Å². The fourth-order valence-corrected chi connectivity index (χ4v) is 1.41. The van der Waals surface area contributed by atoms with Crippen molar-refractivity contribution in [3.8, 4) is 5.88 Å². The maximum absolute atomic E-state index is 5.16. The van der Waals surface area contributed by atoms with Crippen LogP contribution in [-0.4, -0.2) is 30.2 Å². The van der Waals surface area contributed by atoms with E-state index in [0.29, 0.717) is 5.88 Å². The van der Waals surface area contributed by atoms with Crippen LogP contribution in [0.5, 0.6) is 5.88 Å². The lowest BCUT2D eigenvalue weighted by Gasteiger charge is -2.06. The summed E-state index contributed by atoms with van der Waals surface area (Å²) in [6.45, 7) is 6.11. The van der Waals surface area contributed by atoms with Gasteiger partial charge in [-0.05, 0) is 32.0 Å². The van der Waals surface area contributed by atoms with E-state index in [1.165, 1.54) is 0 Å². The Morgan fingerprint density at radius 1 is 1.44 bits per heavy atom. The third-order valence-electron chi connectivity index (χ3n) is 2.25. The van der Waals surface area contributed by atoms with Gasteiger partial charge in [0.15, 0.2) is 0 Å². The molecule has 4 heteroatoms. The Kier molecular flexibility index (Phi) is 5.50. The zero-order valence-electron chi connectivity index (χ0n) is 10.2. The molecule has 0 aliphatic rings. The molecule has 0 aliphatic carbocycles. The van der Waals surface area contributed by atoms with Gasteiger partial charge in [0.25, 0.3) is 0 Å². The number of aromatic nitrogens is 2. The van der Waals surface area contributed by atoms with Gasteiger partial charge in [-0.1, -0.05) is 13.0 Å². The molecule has 0 radical (unpaired) electrons. The molecule has 0 aliphatic heterocycles. The second kappa shape index (κ2) is 6.95. The zero-order valence-corrected chi connectivity index (χ0v) is 10.2. The van der Waals surface area contributed by atoms with Crippen LogP contribution in [0.1, 0.15) is 26.0 Å². The summed E-state index contributed by atoms with van der Waals surface area (Å²) < 4.78 is 5.16. The zero-order chi connectivity index (χ0) is 11.8. The Labute approximate surface area is 96.8 Å². The summed E-state index contributed by atoms with van der Waals surface area (Å²) in [4.78, 5) is 8.39. The largest absolute Gasteiger partial charge is 0.479 e. The molecule has 88 valence electrons. The number of nitrogens with zero attached hydrogens (tertiary/aromatic N) is 2. The summed E-state index contributed by atoms with van der Waals surface area (Å²) in [5.74, 6) is 0.583. The van der Waals surface area contributed by atoms with E-state index in [4.69, 9.17) is 4.74 Å². The van der Waals surface area contributed by atoms with Gasteiger partial charge in [0.05, 0.1) is 7.11 Å². The minimum Gasteiger partial charge on any atom is -0.479 e. The summed E-state index contributed by atoms with van der Waals surface area (Å²) >= 11 is 0. The maximum atomic E-state index is 5.16. The van der Waals surface area contributed by atoms with E-state index < -0.39 is 0 Å². The van der Waals surface area contributed by atoms with Crippen LogP contribution in [0.4, 0.5) is 0 Å². The quantitative estimate of drug-likeness (QED) is 0.745. The fourth-order valence-electron chi connectivity index (χ4n) is 1.41. The minimum absolute atomic E-state index is 0.583. The van der Waals surface area contributed by atoms with E-state index in [1.54, 1.807) is 19.5 Å². The van der Waals surface area contributed by atoms with Crippen molar-refractivity contribution in [2.24, 2.45) is 0 Å². The molecule has 0 bridgehead atoms. The van der Waals surface area contributed by atoms with Crippen molar-refractivity contribution >= 4 is 5.57 Å². The summed E-state index contributed by atoms with van der Waals surface area (Å²) in [5.41, 5.74) is 1.92. The fraction of sp³-hybridized carbons (Fsp3) is 0.500. The molecule has 1 N–H and O–H groups in total. The Balaban J connectivity index is 2.67. The Morgan fingerprint density at radius 2 is 2.19 bits per heavy atom. The van der Waals surface area contributed by atoms with Crippen LogP contribution in [0.15, 0.2) is 18.5 Å². The van der Waals surface area contributed by atoms with Gasteiger partial charge in [0.1, 0.15) is 5.69 Å². The minimum atomic E-state index is 0.583. The number of nitrogens with one attached hydrogen (secondary N) is 1. The Hall–Kier alpha value is -1.42. The highest BCUT2D eigenvalue weighted by atomic mass is 16.5. The first-order chi connectivity index (χ1) is 7.79. The van der Waals surface area contributed by atoms with E-state index in [9.17, 15) is 0 Å². The van der Waals surface area contributed by atoms with Crippen LogP contribution in [-0.2, 0) is 0 Å². The maximum Gasteiger partial charge on any atom is 0.239 e.